The highest BCUT2D eigenvalue weighted by Crippen LogP contribution is 2.33. The molecule has 0 bridgehead atoms. The third-order valence-corrected chi connectivity index (χ3v) is 6.84. The van der Waals surface area contributed by atoms with E-state index in [0.717, 1.165) is 34.6 Å². The minimum Gasteiger partial charge on any atom is -0.416 e. The van der Waals surface area contributed by atoms with E-state index in [1.807, 2.05) is 24.3 Å². The maximum Gasteiger partial charge on any atom is 0.276 e. The first kappa shape index (κ1) is 16.9. The number of thioether (sulfide) groups is 1. The molecule has 6 nitrogen and oxygen atoms in total. The molecular formula is C19H18N4O2S2. The minimum atomic E-state index is -0.0542. The number of thiazole rings is 1. The Labute approximate surface area is 163 Å². The Kier molecular flexibility index (Phi) is 4.45. The normalized spacial score (nSPS) is 15.7. The quantitative estimate of drug-likeness (QED) is 0.467. The Bertz CT molecular complexity index is 1160. The third kappa shape index (κ3) is 3.27. The van der Waals surface area contributed by atoms with Crippen molar-refractivity contribution in [3.05, 3.63) is 52.3 Å². The molecule has 0 N–H and O–H groups in total. The smallest absolute Gasteiger partial charge is 0.276 e. The number of fused-ring (bicyclic) bond motifs is 3. The number of nitrogens with zero attached hydrogens (tertiary/aromatic N) is 4. The van der Waals surface area contributed by atoms with E-state index in [4.69, 9.17) is 4.42 Å². The fraction of sp³-hybridized carbons (Fsp3) is 0.368. The van der Waals surface area contributed by atoms with Gasteiger partial charge < -0.3 is 4.42 Å². The van der Waals surface area contributed by atoms with Crippen molar-refractivity contribution in [3.8, 4) is 0 Å². The summed E-state index contributed by atoms with van der Waals surface area (Å²) >= 11 is 2.96. The highest BCUT2D eigenvalue weighted by molar-refractivity contribution is 7.98. The molecule has 27 heavy (non-hydrogen) atoms. The molecule has 0 radical (unpaired) electrons. The zero-order valence-electron chi connectivity index (χ0n) is 14.6. The SMILES string of the molecule is O=c1cc(CSc2nnc(C3CCCCC3)o2)nc2sc3ccccc3n12. The van der Waals surface area contributed by atoms with Crippen LogP contribution in [-0.4, -0.2) is 19.6 Å². The summed E-state index contributed by atoms with van der Waals surface area (Å²) in [5.74, 6) is 1.69. The average Bonchev–Trinajstić information content (AvgIpc) is 3.31. The number of rotatable bonds is 4. The summed E-state index contributed by atoms with van der Waals surface area (Å²) in [7, 11) is 0. The van der Waals surface area contributed by atoms with Crippen LogP contribution in [0.4, 0.5) is 0 Å². The topological polar surface area (TPSA) is 73.3 Å². The van der Waals surface area contributed by atoms with Gasteiger partial charge in [0.1, 0.15) is 0 Å². The molecule has 0 atom stereocenters. The van der Waals surface area contributed by atoms with Crippen LogP contribution in [0.2, 0.25) is 0 Å². The lowest BCUT2D eigenvalue weighted by Crippen LogP contribution is -2.13. The molecule has 0 aliphatic heterocycles. The van der Waals surface area contributed by atoms with Crippen LogP contribution in [0.15, 0.2) is 44.8 Å². The molecule has 1 saturated carbocycles. The van der Waals surface area contributed by atoms with E-state index in [9.17, 15) is 4.79 Å². The summed E-state index contributed by atoms with van der Waals surface area (Å²) in [4.78, 5) is 17.9. The van der Waals surface area contributed by atoms with Crippen molar-refractivity contribution in [2.75, 3.05) is 0 Å². The standard InChI is InChI=1S/C19H18N4O2S2/c24-16-10-13(20-18-23(16)14-8-4-5-9-15(14)27-18)11-26-19-22-21-17(25-19)12-6-2-1-3-7-12/h4-5,8-10,12H,1-3,6-7,11H2. The van der Waals surface area contributed by atoms with Crippen LogP contribution in [0.5, 0.6) is 0 Å². The van der Waals surface area contributed by atoms with Gasteiger partial charge in [0.2, 0.25) is 5.89 Å². The first-order valence-corrected chi connectivity index (χ1v) is 10.9. The van der Waals surface area contributed by atoms with E-state index in [0.29, 0.717) is 21.9 Å². The largest absolute Gasteiger partial charge is 0.416 e. The van der Waals surface area contributed by atoms with Gasteiger partial charge in [-0.2, -0.15) is 0 Å². The molecule has 8 heteroatoms. The Morgan fingerprint density at radius 1 is 1.19 bits per heavy atom. The molecule has 1 aliphatic rings. The molecule has 0 unspecified atom stereocenters. The molecule has 3 aromatic heterocycles. The van der Waals surface area contributed by atoms with E-state index in [2.05, 4.69) is 15.2 Å². The Hall–Kier alpha value is -2.19. The molecule has 0 spiro atoms. The number of benzene rings is 1. The summed E-state index contributed by atoms with van der Waals surface area (Å²) in [6, 6.07) is 9.45. The van der Waals surface area contributed by atoms with Crippen LogP contribution in [-0.2, 0) is 5.75 Å². The first-order valence-electron chi connectivity index (χ1n) is 9.14. The number of hydrogen-bond acceptors (Lipinski definition) is 7. The maximum atomic E-state index is 12.6. The molecule has 4 aromatic rings. The lowest BCUT2D eigenvalue weighted by atomic mass is 9.89. The van der Waals surface area contributed by atoms with Gasteiger partial charge >= 0.3 is 0 Å². The molecule has 1 fully saturated rings. The van der Waals surface area contributed by atoms with Crippen molar-refractivity contribution in [3.63, 3.8) is 0 Å². The summed E-state index contributed by atoms with van der Waals surface area (Å²) in [6.45, 7) is 0. The monoisotopic (exact) mass is 398 g/mol. The Morgan fingerprint density at radius 2 is 2.04 bits per heavy atom. The van der Waals surface area contributed by atoms with Crippen LogP contribution in [0, 0.1) is 0 Å². The fourth-order valence-corrected chi connectivity index (χ4v) is 5.34. The highest BCUT2D eigenvalue weighted by Gasteiger charge is 2.21. The second kappa shape index (κ2) is 7.09. The Balaban J connectivity index is 1.36. The lowest BCUT2D eigenvalue weighted by Gasteiger charge is -2.17. The first-order chi connectivity index (χ1) is 13.3. The molecule has 3 heterocycles. The second-order valence-electron chi connectivity index (χ2n) is 6.80. The van der Waals surface area contributed by atoms with E-state index in [-0.39, 0.29) is 5.56 Å². The van der Waals surface area contributed by atoms with Gasteiger partial charge in [-0.1, -0.05) is 54.5 Å². The van der Waals surface area contributed by atoms with Crippen LogP contribution in [0.1, 0.15) is 49.6 Å². The van der Waals surface area contributed by atoms with Crippen LogP contribution in [0.25, 0.3) is 15.2 Å². The van der Waals surface area contributed by atoms with Crippen molar-refractivity contribution in [1.29, 1.82) is 0 Å². The molecule has 5 rings (SSSR count). The molecule has 138 valence electrons. The van der Waals surface area contributed by atoms with Crippen molar-refractivity contribution in [1.82, 2.24) is 19.6 Å². The van der Waals surface area contributed by atoms with E-state index in [1.165, 1.54) is 42.4 Å². The van der Waals surface area contributed by atoms with Crippen LogP contribution in [0.3, 0.4) is 0 Å². The zero-order valence-corrected chi connectivity index (χ0v) is 16.3. The van der Waals surface area contributed by atoms with Crippen molar-refractivity contribution >= 4 is 38.3 Å². The van der Waals surface area contributed by atoms with E-state index in [1.54, 1.807) is 10.5 Å². The lowest BCUT2D eigenvalue weighted by molar-refractivity contribution is 0.334. The highest BCUT2D eigenvalue weighted by atomic mass is 32.2. The van der Waals surface area contributed by atoms with Gasteiger partial charge in [0.05, 0.1) is 15.9 Å². The number of para-hydroxylation sites is 1. The van der Waals surface area contributed by atoms with Gasteiger partial charge in [-0.05, 0) is 25.0 Å². The van der Waals surface area contributed by atoms with E-state index < -0.39 is 0 Å². The fourth-order valence-electron chi connectivity index (χ4n) is 3.63. The Morgan fingerprint density at radius 3 is 2.93 bits per heavy atom. The van der Waals surface area contributed by atoms with Crippen molar-refractivity contribution in [2.24, 2.45) is 0 Å². The van der Waals surface area contributed by atoms with Gasteiger partial charge in [-0.15, -0.1) is 10.2 Å². The number of aromatic nitrogens is 4. The van der Waals surface area contributed by atoms with Gasteiger partial charge in [0.25, 0.3) is 10.8 Å². The summed E-state index contributed by atoms with van der Waals surface area (Å²) in [5.41, 5.74) is 1.58. The van der Waals surface area contributed by atoms with Gasteiger partial charge in [-0.3, -0.25) is 9.20 Å². The molecule has 1 aliphatic carbocycles. The van der Waals surface area contributed by atoms with Gasteiger partial charge in [0, 0.05) is 17.7 Å². The average molecular weight is 399 g/mol. The second-order valence-corrected chi connectivity index (χ2v) is 8.74. The zero-order chi connectivity index (χ0) is 18.2. The number of hydrogen-bond donors (Lipinski definition) is 0. The summed E-state index contributed by atoms with van der Waals surface area (Å²) in [5, 5.41) is 8.94. The van der Waals surface area contributed by atoms with Crippen molar-refractivity contribution in [2.45, 2.75) is 49.0 Å². The minimum absolute atomic E-state index is 0.0542. The molecular weight excluding hydrogens is 380 g/mol. The van der Waals surface area contributed by atoms with Gasteiger partial charge in [-0.25, -0.2) is 4.98 Å². The summed E-state index contributed by atoms with van der Waals surface area (Å²) < 4.78 is 8.57. The van der Waals surface area contributed by atoms with Gasteiger partial charge in [0.15, 0.2) is 4.96 Å². The van der Waals surface area contributed by atoms with E-state index >= 15 is 0 Å². The predicted octanol–water partition coefficient (Wildman–Crippen LogP) is 4.63. The maximum absolute atomic E-state index is 12.6. The van der Waals surface area contributed by atoms with Crippen molar-refractivity contribution < 1.29 is 4.42 Å². The van der Waals surface area contributed by atoms with Crippen LogP contribution < -0.4 is 5.56 Å². The third-order valence-electron chi connectivity index (χ3n) is 4.97. The molecule has 1 aromatic carbocycles. The predicted molar refractivity (Wildman–Crippen MR) is 107 cm³/mol. The molecule has 0 amide bonds. The van der Waals surface area contributed by atoms with Crippen LogP contribution >= 0.6 is 23.1 Å². The molecule has 0 saturated heterocycles. The summed E-state index contributed by atoms with van der Waals surface area (Å²) in [6.07, 6.45) is 6.03.